The first-order valence-corrected chi connectivity index (χ1v) is 8.88. The van der Waals surface area contributed by atoms with Gasteiger partial charge in [-0.2, -0.15) is 0 Å². The summed E-state index contributed by atoms with van der Waals surface area (Å²) in [6.45, 7) is 4.04. The van der Waals surface area contributed by atoms with Crippen LogP contribution in [0.3, 0.4) is 0 Å². The van der Waals surface area contributed by atoms with Crippen molar-refractivity contribution >= 4 is 29.3 Å². The topological polar surface area (TPSA) is 62.3 Å². The van der Waals surface area contributed by atoms with Gasteiger partial charge in [-0.25, -0.2) is 0 Å². The molecule has 1 aliphatic heterocycles. The summed E-state index contributed by atoms with van der Waals surface area (Å²) in [7, 11) is 0. The van der Waals surface area contributed by atoms with Crippen LogP contribution in [0, 0.1) is 13.8 Å². The molecular formula is C18H19N3O2S. The molecule has 124 valence electrons. The third kappa shape index (κ3) is 3.43. The zero-order chi connectivity index (χ0) is 17.1. The first-order valence-electron chi connectivity index (χ1n) is 7.73. The van der Waals surface area contributed by atoms with Crippen molar-refractivity contribution in [2.45, 2.75) is 19.9 Å². The zero-order valence-corrected chi connectivity index (χ0v) is 14.5. The molecule has 0 bridgehead atoms. The van der Waals surface area contributed by atoms with Crippen LogP contribution in [0.4, 0.5) is 5.69 Å². The van der Waals surface area contributed by atoms with Gasteiger partial charge in [0.25, 0.3) is 5.91 Å². The second-order valence-corrected chi connectivity index (χ2v) is 6.81. The lowest BCUT2D eigenvalue weighted by Gasteiger charge is -2.23. The number of carbonyl (C=O) groups excluding carboxylic acids is 2. The highest BCUT2D eigenvalue weighted by molar-refractivity contribution is 7.99. The maximum absolute atomic E-state index is 12.6. The number of carbonyl (C=O) groups is 2. The largest absolute Gasteiger partial charge is 0.324 e. The molecule has 0 saturated carbocycles. The molecule has 6 heteroatoms. The molecule has 2 amide bonds. The van der Waals surface area contributed by atoms with Crippen LogP contribution in [0.1, 0.15) is 21.5 Å². The molecule has 3 rings (SSSR count). The number of hydrogen-bond acceptors (Lipinski definition) is 4. The Hall–Kier alpha value is -2.34. The lowest BCUT2D eigenvalue weighted by Crippen LogP contribution is -2.44. The van der Waals surface area contributed by atoms with Crippen molar-refractivity contribution in [2.24, 2.45) is 0 Å². The number of aromatic nitrogens is 1. The van der Waals surface area contributed by atoms with E-state index in [9.17, 15) is 9.59 Å². The quantitative estimate of drug-likeness (QED) is 0.932. The minimum Gasteiger partial charge on any atom is -0.324 e. The van der Waals surface area contributed by atoms with Crippen molar-refractivity contribution in [3.63, 3.8) is 0 Å². The van der Waals surface area contributed by atoms with Gasteiger partial charge >= 0.3 is 0 Å². The van der Waals surface area contributed by atoms with Gasteiger partial charge in [0.05, 0.1) is 5.88 Å². The van der Waals surface area contributed by atoms with Crippen LogP contribution in [0.5, 0.6) is 0 Å². The van der Waals surface area contributed by atoms with Crippen LogP contribution < -0.4 is 5.32 Å². The highest BCUT2D eigenvalue weighted by atomic mass is 32.2. The van der Waals surface area contributed by atoms with E-state index < -0.39 is 6.04 Å². The molecule has 0 radical (unpaired) electrons. The Labute approximate surface area is 145 Å². The maximum atomic E-state index is 12.6. The number of pyridine rings is 1. The summed E-state index contributed by atoms with van der Waals surface area (Å²) in [5.41, 5.74) is 3.62. The first kappa shape index (κ1) is 16.5. The summed E-state index contributed by atoms with van der Waals surface area (Å²) in [6.07, 6.45) is 3.17. The fourth-order valence-electron chi connectivity index (χ4n) is 2.57. The van der Waals surface area contributed by atoms with Crippen LogP contribution in [0.25, 0.3) is 0 Å². The van der Waals surface area contributed by atoms with E-state index in [-0.39, 0.29) is 11.8 Å². The van der Waals surface area contributed by atoms with Crippen molar-refractivity contribution in [1.82, 2.24) is 9.88 Å². The van der Waals surface area contributed by atoms with Gasteiger partial charge in [-0.05, 0) is 49.2 Å². The van der Waals surface area contributed by atoms with Gasteiger partial charge in [0, 0.05) is 29.4 Å². The van der Waals surface area contributed by atoms with Crippen LogP contribution in [0.2, 0.25) is 0 Å². The van der Waals surface area contributed by atoms with Gasteiger partial charge in [0.1, 0.15) is 6.04 Å². The normalized spacial score (nSPS) is 16.9. The summed E-state index contributed by atoms with van der Waals surface area (Å²) in [4.78, 5) is 30.8. The van der Waals surface area contributed by atoms with Gasteiger partial charge in [-0.3, -0.25) is 14.6 Å². The van der Waals surface area contributed by atoms with Crippen LogP contribution in [0.15, 0.2) is 42.7 Å². The lowest BCUT2D eigenvalue weighted by atomic mass is 10.1. The monoisotopic (exact) mass is 341 g/mol. The minimum atomic E-state index is -0.461. The molecule has 1 aliphatic rings. The SMILES string of the molecule is Cc1ccc(NC(=O)C2CSCN2C(=O)c2ccncc2)cc1C. The Morgan fingerprint density at radius 3 is 2.62 bits per heavy atom. The number of rotatable bonds is 3. The Balaban J connectivity index is 1.74. The van der Waals surface area contributed by atoms with E-state index in [2.05, 4.69) is 10.3 Å². The van der Waals surface area contributed by atoms with Crippen LogP contribution in [-0.2, 0) is 4.79 Å². The summed E-state index contributed by atoms with van der Waals surface area (Å²) in [5, 5.41) is 2.93. The molecule has 24 heavy (non-hydrogen) atoms. The van der Waals surface area contributed by atoms with Crippen LogP contribution >= 0.6 is 11.8 Å². The second kappa shape index (κ2) is 7.05. The van der Waals surface area contributed by atoms with Gasteiger partial charge in [-0.1, -0.05) is 6.07 Å². The number of nitrogens with one attached hydrogen (secondary N) is 1. The van der Waals surface area contributed by atoms with E-state index in [0.717, 1.165) is 11.3 Å². The number of hydrogen-bond donors (Lipinski definition) is 1. The molecule has 1 atom stereocenters. The Morgan fingerprint density at radius 2 is 1.92 bits per heavy atom. The zero-order valence-electron chi connectivity index (χ0n) is 13.7. The smallest absolute Gasteiger partial charge is 0.255 e. The third-order valence-electron chi connectivity index (χ3n) is 4.15. The maximum Gasteiger partial charge on any atom is 0.255 e. The fourth-order valence-corrected chi connectivity index (χ4v) is 3.72. The average molecular weight is 341 g/mol. The van der Waals surface area contributed by atoms with Gasteiger partial charge in [0.15, 0.2) is 0 Å². The molecule has 5 nitrogen and oxygen atoms in total. The van der Waals surface area contributed by atoms with E-state index in [1.807, 2.05) is 32.0 Å². The van der Waals surface area contributed by atoms with Crippen LogP contribution in [-0.4, -0.2) is 39.4 Å². The van der Waals surface area contributed by atoms with E-state index in [1.165, 1.54) is 5.56 Å². The first-order chi connectivity index (χ1) is 11.6. The summed E-state index contributed by atoms with van der Waals surface area (Å²) in [5.74, 6) is 0.841. The van der Waals surface area contributed by atoms with Crippen molar-refractivity contribution in [2.75, 3.05) is 16.9 Å². The van der Waals surface area contributed by atoms with Crippen molar-refractivity contribution < 1.29 is 9.59 Å². The molecule has 1 aromatic carbocycles. The van der Waals surface area contributed by atoms with Gasteiger partial charge in [-0.15, -0.1) is 11.8 Å². The Kier molecular flexibility index (Phi) is 4.85. The number of thioether (sulfide) groups is 1. The third-order valence-corrected chi connectivity index (χ3v) is 5.16. The average Bonchev–Trinajstić information content (AvgIpc) is 3.08. The molecular weight excluding hydrogens is 322 g/mol. The highest BCUT2D eigenvalue weighted by Gasteiger charge is 2.35. The number of benzene rings is 1. The summed E-state index contributed by atoms with van der Waals surface area (Å²) >= 11 is 1.59. The summed E-state index contributed by atoms with van der Waals surface area (Å²) in [6, 6.07) is 8.70. The van der Waals surface area contributed by atoms with Crippen molar-refractivity contribution in [3.05, 3.63) is 59.4 Å². The molecule has 1 fully saturated rings. The Morgan fingerprint density at radius 1 is 1.17 bits per heavy atom. The molecule has 1 unspecified atom stereocenters. The number of nitrogens with zero attached hydrogens (tertiary/aromatic N) is 2. The van der Waals surface area contributed by atoms with Gasteiger partial charge in [0.2, 0.25) is 5.91 Å². The minimum absolute atomic E-state index is 0.136. The second-order valence-electron chi connectivity index (χ2n) is 5.81. The fraction of sp³-hybridized carbons (Fsp3) is 0.278. The van der Waals surface area contributed by atoms with E-state index >= 15 is 0 Å². The highest BCUT2D eigenvalue weighted by Crippen LogP contribution is 2.24. The van der Waals surface area contributed by atoms with E-state index in [4.69, 9.17) is 0 Å². The van der Waals surface area contributed by atoms with Crippen molar-refractivity contribution in [1.29, 1.82) is 0 Å². The predicted octanol–water partition coefficient (Wildman–Crippen LogP) is 2.85. The molecule has 2 aromatic rings. The van der Waals surface area contributed by atoms with Gasteiger partial charge < -0.3 is 10.2 Å². The lowest BCUT2D eigenvalue weighted by molar-refractivity contribution is -0.119. The molecule has 1 saturated heterocycles. The number of amides is 2. The molecule has 1 N–H and O–H groups in total. The van der Waals surface area contributed by atoms with Crippen molar-refractivity contribution in [3.8, 4) is 0 Å². The van der Waals surface area contributed by atoms with E-state index in [0.29, 0.717) is 17.2 Å². The van der Waals surface area contributed by atoms with E-state index in [1.54, 1.807) is 41.2 Å². The standard InChI is InChI=1S/C18H19N3O2S/c1-12-3-4-15(9-13(12)2)20-17(22)16-10-24-11-21(16)18(23)14-5-7-19-8-6-14/h3-9,16H,10-11H2,1-2H3,(H,20,22). The number of anilines is 1. The number of aryl methyl sites for hydroxylation is 2. The molecule has 0 aliphatic carbocycles. The molecule has 0 spiro atoms. The summed E-state index contributed by atoms with van der Waals surface area (Å²) < 4.78 is 0. The molecule has 2 heterocycles. The molecule has 1 aromatic heterocycles. The Bertz CT molecular complexity index is 764. The predicted molar refractivity (Wildman–Crippen MR) is 96.1 cm³/mol.